The second kappa shape index (κ2) is 5.53. The first-order valence-corrected chi connectivity index (χ1v) is 8.03. The van der Waals surface area contributed by atoms with E-state index >= 15 is 0 Å². The van der Waals surface area contributed by atoms with Crippen LogP contribution in [0.4, 0.5) is 5.69 Å². The lowest BCUT2D eigenvalue weighted by atomic mass is 10.1. The molecular formula is C12H13NO5S2. The van der Waals surface area contributed by atoms with Gasteiger partial charge in [0.05, 0.1) is 22.4 Å². The van der Waals surface area contributed by atoms with Gasteiger partial charge in [0.15, 0.2) is 0 Å². The number of thioether (sulfide) groups is 2. The molecule has 0 aromatic heterocycles. The molecule has 2 aliphatic heterocycles. The van der Waals surface area contributed by atoms with Crippen LogP contribution in [0.5, 0.6) is 0 Å². The van der Waals surface area contributed by atoms with E-state index in [0.717, 1.165) is 4.90 Å². The van der Waals surface area contributed by atoms with Crippen LogP contribution in [-0.2, 0) is 4.74 Å². The van der Waals surface area contributed by atoms with Gasteiger partial charge in [0.1, 0.15) is 11.5 Å². The molecule has 108 valence electrons. The Balaban J connectivity index is 1.71. The predicted octanol–water partition coefficient (Wildman–Crippen LogP) is 1.25. The zero-order chi connectivity index (χ0) is 14.3. The molecule has 2 bridgehead atoms. The van der Waals surface area contributed by atoms with Crippen molar-refractivity contribution in [2.45, 2.75) is 33.9 Å². The summed E-state index contributed by atoms with van der Waals surface area (Å²) in [7, 11) is 0. The number of hydrogen-bond donors (Lipinski definition) is 2. The molecular weight excluding hydrogens is 302 g/mol. The summed E-state index contributed by atoms with van der Waals surface area (Å²) in [5.74, 6) is 0.559. The fourth-order valence-electron chi connectivity index (χ4n) is 2.34. The van der Waals surface area contributed by atoms with Gasteiger partial charge in [-0.15, -0.1) is 11.8 Å². The quantitative estimate of drug-likeness (QED) is 0.640. The summed E-state index contributed by atoms with van der Waals surface area (Å²) >= 11 is 2.92. The number of nitro benzene ring substituents is 1. The molecule has 2 aliphatic rings. The fraction of sp³-hybridized carbons (Fsp3) is 0.500. The highest BCUT2D eigenvalue weighted by atomic mass is 32.2. The molecule has 0 spiro atoms. The molecule has 5 atom stereocenters. The summed E-state index contributed by atoms with van der Waals surface area (Å²) in [6, 6.07) is 6.23. The van der Waals surface area contributed by atoms with Crippen molar-refractivity contribution in [3.05, 3.63) is 34.4 Å². The van der Waals surface area contributed by atoms with Crippen LogP contribution < -0.4 is 0 Å². The van der Waals surface area contributed by atoms with Gasteiger partial charge in [0, 0.05) is 22.8 Å². The summed E-state index contributed by atoms with van der Waals surface area (Å²) in [6.07, 6.45) is -1.84. The van der Waals surface area contributed by atoms with E-state index < -0.39 is 23.2 Å². The van der Waals surface area contributed by atoms with Crippen molar-refractivity contribution in [2.75, 3.05) is 5.75 Å². The Morgan fingerprint density at radius 3 is 2.65 bits per heavy atom. The minimum Gasteiger partial charge on any atom is -0.389 e. The minimum absolute atomic E-state index is 0.0465. The Labute approximate surface area is 123 Å². The number of benzene rings is 1. The lowest BCUT2D eigenvalue weighted by molar-refractivity contribution is -0.384. The van der Waals surface area contributed by atoms with Gasteiger partial charge in [-0.2, -0.15) is 0 Å². The van der Waals surface area contributed by atoms with Crippen LogP contribution in [0.2, 0.25) is 0 Å². The normalized spacial score (nSPS) is 36.0. The Kier molecular flexibility index (Phi) is 3.91. The topological polar surface area (TPSA) is 92.8 Å². The lowest BCUT2D eigenvalue weighted by Crippen LogP contribution is -2.43. The van der Waals surface area contributed by atoms with Crippen molar-refractivity contribution in [1.82, 2.24) is 0 Å². The first-order chi connectivity index (χ1) is 9.56. The Morgan fingerprint density at radius 2 is 2.05 bits per heavy atom. The van der Waals surface area contributed by atoms with Crippen molar-refractivity contribution in [2.24, 2.45) is 0 Å². The second-order valence-corrected chi connectivity index (χ2v) is 7.08. The smallest absolute Gasteiger partial charge is 0.269 e. The summed E-state index contributed by atoms with van der Waals surface area (Å²) in [5, 5.41) is 30.3. The van der Waals surface area contributed by atoms with E-state index in [2.05, 4.69) is 0 Å². The van der Waals surface area contributed by atoms with Crippen LogP contribution >= 0.6 is 23.5 Å². The molecule has 0 saturated carbocycles. The zero-order valence-corrected chi connectivity index (χ0v) is 11.9. The van der Waals surface area contributed by atoms with Crippen molar-refractivity contribution in [3.63, 3.8) is 0 Å². The summed E-state index contributed by atoms with van der Waals surface area (Å²) in [6.45, 7) is 0. The monoisotopic (exact) mass is 315 g/mol. The molecule has 3 rings (SSSR count). The summed E-state index contributed by atoms with van der Waals surface area (Å²) in [4.78, 5) is 11.0. The van der Waals surface area contributed by atoms with Gasteiger partial charge < -0.3 is 14.9 Å². The van der Waals surface area contributed by atoms with Crippen molar-refractivity contribution < 1.29 is 19.9 Å². The highest BCUT2D eigenvalue weighted by Gasteiger charge is 2.50. The molecule has 0 radical (unpaired) electrons. The van der Waals surface area contributed by atoms with Gasteiger partial charge in [0.2, 0.25) is 0 Å². The van der Waals surface area contributed by atoms with Gasteiger partial charge in [0.25, 0.3) is 5.69 Å². The van der Waals surface area contributed by atoms with E-state index in [1.54, 1.807) is 12.1 Å². The van der Waals surface area contributed by atoms with Crippen molar-refractivity contribution in [1.29, 1.82) is 0 Å². The third kappa shape index (κ3) is 2.53. The standard InChI is InChI=1S/C12H13NO5S2/c14-8-5-19-11-9(15)10(8)18-12(11)20-7-3-1-6(2-4-7)13(16)17/h1-4,8-12,14-15H,5H2/t8-,9+,10+,11-,12+/m0/s1. The van der Waals surface area contributed by atoms with Crippen LogP contribution in [0.1, 0.15) is 0 Å². The highest BCUT2D eigenvalue weighted by Crippen LogP contribution is 2.44. The summed E-state index contributed by atoms with van der Waals surface area (Å²) < 4.78 is 5.70. The molecule has 6 nitrogen and oxygen atoms in total. The molecule has 1 aromatic carbocycles. The maximum Gasteiger partial charge on any atom is 0.269 e. The minimum atomic E-state index is -0.667. The molecule has 1 aromatic rings. The molecule has 2 heterocycles. The van der Waals surface area contributed by atoms with E-state index in [0.29, 0.717) is 5.75 Å². The maximum absolute atomic E-state index is 10.6. The number of aliphatic hydroxyl groups is 2. The largest absolute Gasteiger partial charge is 0.389 e. The third-order valence-electron chi connectivity index (χ3n) is 3.37. The molecule has 2 N–H and O–H groups in total. The molecule has 0 aliphatic carbocycles. The number of nitro groups is 1. The number of fused-ring (bicyclic) bond motifs is 2. The predicted molar refractivity (Wildman–Crippen MR) is 75.9 cm³/mol. The molecule has 0 unspecified atom stereocenters. The first kappa shape index (κ1) is 14.2. The van der Waals surface area contributed by atoms with Crippen molar-refractivity contribution in [3.8, 4) is 0 Å². The van der Waals surface area contributed by atoms with E-state index in [1.165, 1.54) is 35.7 Å². The van der Waals surface area contributed by atoms with Gasteiger partial charge in [-0.1, -0.05) is 11.8 Å². The van der Waals surface area contributed by atoms with Crippen LogP contribution in [-0.4, -0.2) is 49.9 Å². The average molecular weight is 315 g/mol. The number of nitrogens with zero attached hydrogens (tertiary/aromatic N) is 1. The highest BCUT2D eigenvalue weighted by molar-refractivity contribution is 8.03. The molecule has 2 fully saturated rings. The van der Waals surface area contributed by atoms with E-state index in [-0.39, 0.29) is 16.4 Å². The molecule has 8 heteroatoms. The Hall–Kier alpha value is -0.800. The van der Waals surface area contributed by atoms with Gasteiger partial charge in [-0.05, 0) is 12.1 Å². The number of non-ortho nitro benzene ring substituents is 1. The second-order valence-electron chi connectivity index (χ2n) is 4.69. The SMILES string of the molecule is O=[N+]([O-])c1ccc(S[C@H]2O[C@H]3[C@@H](O)[C@@H]2SC[C@@H]3O)cc1. The molecule has 20 heavy (non-hydrogen) atoms. The lowest BCUT2D eigenvalue weighted by Gasteiger charge is -2.27. The number of aliphatic hydroxyl groups excluding tert-OH is 2. The first-order valence-electron chi connectivity index (χ1n) is 6.10. The Bertz CT molecular complexity index is 511. The molecule has 0 amide bonds. The van der Waals surface area contributed by atoms with E-state index in [4.69, 9.17) is 4.74 Å². The number of rotatable bonds is 3. The number of hydrogen-bond acceptors (Lipinski definition) is 7. The van der Waals surface area contributed by atoms with Crippen LogP contribution in [0.3, 0.4) is 0 Å². The van der Waals surface area contributed by atoms with E-state index in [1.807, 2.05) is 0 Å². The average Bonchev–Trinajstić information content (AvgIpc) is 2.62. The van der Waals surface area contributed by atoms with Gasteiger partial charge in [-0.3, -0.25) is 10.1 Å². The fourth-order valence-corrected chi connectivity index (χ4v) is 4.96. The molecule has 2 saturated heterocycles. The van der Waals surface area contributed by atoms with Gasteiger partial charge >= 0.3 is 0 Å². The van der Waals surface area contributed by atoms with Crippen LogP contribution in [0.25, 0.3) is 0 Å². The number of ether oxygens (including phenoxy) is 1. The Morgan fingerprint density at radius 1 is 1.35 bits per heavy atom. The van der Waals surface area contributed by atoms with Crippen LogP contribution in [0.15, 0.2) is 29.2 Å². The van der Waals surface area contributed by atoms with E-state index in [9.17, 15) is 20.3 Å². The van der Waals surface area contributed by atoms with Crippen molar-refractivity contribution >= 4 is 29.2 Å². The van der Waals surface area contributed by atoms with Crippen LogP contribution in [0, 0.1) is 10.1 Å². The van der Waals surface area contributed by atoms with Gasteiger partial charge in [-0.25, -0.2) is 0 Å². The third-order valence-corrected chi connectivity index (χ3v) is 6.17. The summed E-state index contributed by atoms with van der Waals surface area (Å²) in [5.41, 5.74) is -0.205. The zero-order valence-electron chi connectivity index (χ0n) is 10.3. The maximum atomic E-state index is 10.6.